The van der Waals surface area contributed by atoms with Crippen LogP contribution in [-0.4, -0.2) is 30.3 Å². The van der Waals surface area contributed by atoms with E-state index in [4.69, 9.17) is 5.11 Å². The van der Waals surface area contributed by atoms with Crippen molar-refractivity contribution in [3.63, 3.8) is 0 Å². The summed E-state index contributed by atoms with van der Waals surface area (Å²) in [5, 5.41) is 8.56. The predicted octanol–water partition coefficient (Wildman–Crippen LogP) is -0.116. The summed E-state index contributed by atoms with van der Waals surface area (Å²) in [5.74, 6) is 0. The van der Waals surface area contributed by atoms with E-state index in [0.29, 0.717) is 0 Å². The largest absolute Gasteiger partial charge is 0.379 e. The third-order valence-electron chi connectivity index (χ3n) is 0.747. The van der Waals surface area contributed by atoms with Gasteiger partial charge in [-0.25, -0.2) is 0 Å². The summed E-state index contributed by atoms with van der Waals surface area (Å²) in [7, 11) is 3.65. The number of rotatable bonds is 1. The van der Waals surface area contributed by atoms with Crippen molar-refractivity contribution >= 4 is 0 Å². The number of nitrogens with zero attached hydrogens (tertiary/aromatic N) is 1. The summed E-state index contributed by atoms with van der Waals surface area (Å²) in [6.07, 6.45) is -0.315. The van der Waals surface area contributed by atoms with Gasteiger partial charge in [-0.2, -0.15) is 0 Å². The topological polar surface area (TPSA) is 23.5 Å². The molecule has 0 bridgehead atoms. The first-order chi connectivity index (χ1) is 2.64. The Morgan fingerprint density at radius 1 is 1.43 bits per heavy atom. The van der Waals surface area contributed by atoms with E-state index in [2.05, 4.69) is 0 Å². The molecule has 0 amide bonds. The smallest absolute Gasteiger partial charge is 0.104 e. The minimum atomic E-state index is -0.315. The summed E-state index contributed by atoms with van der Waals surface area (Å²) in [6.45, 7) is 1.72. The van der Waals surface area contributed by atoms with Crippen LogP contribution in [0.5, 0.6) is 0 Å². The molecule has 0 fully saturated rings. The van der Waals surface area contributed by atoms with Gasteiger partial charge in [-0.05, 0) is 21.0 Å². The van der Waals surface area contributed by atoms with Crippen LogP contribution in [0.4, 0.5) is 0 Å². The van der Waals surface area contributed by atoms with Gasteiger partial charge in [0.05, 0.1) is 0 Å². The second-order valence-corrected chi connectivity index (χ2v) is 1.60. The average Bonchev–Trinajstić information content (AvgIpc) is 1.36. The van der Waals surface area contributed by atoms with Crippen LogP contribution in [0.2, 0.25) is 0 Å². The van der Waals surface area contributed by atoms with Crippen molar-refractivity contribution < 1.29 is 31.3 Å². The molecule has 0 aliphatic carbocycles. The Balaban J connectivity index is 0. The van der Waals surface area contributed by atoms with Crippen molar-refractivity contribution in [3.8, 4) is 0 Å². The number of hydrogen-bond donors (Lipinski definition) is 1. The molecule has 0 aromatic heterocycles. The van der Waals surface area contributed by atoms with E-state index >= 15 is 0 Å². The molecule has 0 spiro atoms. The van der Waals surface area contributed by atoms with Gasteiger partial charge in [0.1, 0.15) is 6.23 Å². The van der Waals surface area contributed by atoms with Crippen molar-refractivity contribution in [2.24, 2.45) is 0 Å². The third kappa shape index (κ3) is 6.80. The predicted molar refractivity (Wildman–Crippen MR) is 25.4 cm³/mol. The maximum absolute atomic E-state index is 8.56. The normalized spacial score (nSPS) is 13.3. The Kier molecular flexibility index (Phi) is 7.58. The van der Waals surface area contributed by atoms with Gasteiger partial charge in [-0.15, -0.1) is 0 Å². The Labute approximate surface area is 63.6 Å². The zero-order chi connectivity index (χ0) is 5.15. The first-order valence-electron chi connectivity index (χ1n) is 1.99. The van der Waals surface area contributed by atoms with Crippen LogP contribution in [0.25, 0.3) is 0 Å². The number of aliphatic hydroxyl groups excluding tert-OH is 1. The van der Waals surface area contributed by atoms with E-state index in [9.17, 15) is 0 Å². The van der Waals surface area contributed by atoms with Crippen LogP contribution >= 0.6 is 0 Å². The summed E-state index contributed by atoms with van der Waals surface area (Å²) in [6, 6.07) is 0. The molecule has 1 N–H and O–H groups in total. The molecule has 0 saturated carbocycles. The molecule has 7 heavy (non-hydrogen) atoms. The van der Waals surface area contributed by atoms with Crippen molar-refractivity contribution in [3.05, 3.63) is 0 Å². The van der Waals surface area contributed by atoms with E-state index in [1.807, 2.05) is 14.1 Å². The van der Waals surface area contributed by atoms with Crippen LogP contribution in [0.3, 0.4) is 0 Å². The maximum atomic E-state index is 8.56. The van der Waals surface area contributed by atoms with E-state index in [0.717, 1.165) is 0 Å². The fraction of sp³-hybridized carbons (Fsp3) is 1.00. The van der Waals surface area contributed by atoms with Crippen LogP contribution in [0.15, 0.2) is 0 Å². The molecular formula is C4H11NOZr. The molecule has 2 nitrogen and oxygen atoms in total. The molecule has 0 aromatic rings. The van der Waals surface area contributed by atoms with Crippen molar-refractivity contribution in [2.75, 3.05) is 14.1 Å². The molecule has 0 radical (unpaired) electrons. The molecule has 1 unspecified atom stereocenters. The average molecular weight is 180 g/mol. The van der Waals surface area contributed by atoms with E-state index < -0.39 is 0 Å². The monoisotopic (exact) mass is 179 g/mol. The molecule has 0 aliphatic rings. The van der Waals surface area contributed by atoms with Crippen molar-refractivity contribution in [1.29, 1.82) is 0 Å². The van der Waals surface area contributed by atoms with E-state index in [-0.39, 0.29) is 32.4 Å². The van der Waals surface area contributed by atoms with Crippen LogP contribution < -0.4 is 0 Å². The molecule has 42 valence electrons. The molecule has 1 atom stereocenters. The quantitative estimate of drug-likeness (QED) is 0.569. The maximum Gasteiger partial charge on any atom is 0.104 e. The fourth-order valence-corrected chi connectivity index (χ4v) is 0. The zero-order valence-corrected chi connectivity index (χ0v) is 7.43. The van der Waals surface area contributed by atoms with Gasteiger partial charge in [0.15, 0.2) is 0 Å². The van der Waals surface area contributed by atoms with Gasteiger partial charge >= 0.3 is 0 Å². The van der Waals surface area contributed by atoms with E-state index in [1.54, 1.807) is 11.8 Å². The van der Waals surface area contributed by atoms with Crippen molar-refractivity contribution in [1.82, 2.24) is 4.90 Å². The minimum absolute atomic E-state index is 0. The fourth-order valence-electron chi connectivity index (χ4n) is 0. The summed E-state index contributed by atoms with van der Waals surface area (Å²) in [5.41, 5.74) is 0. The summed E-state index contributed by atoms with van der Waals surface area (Å²) >= 11 is 0. The zero-order valence-electron chi connectivity index (χ0n) is 4.97. The molecule has 0 saturated heterocycles. The minimum Gasteiger partial charge on any atom is -0.379 e. The van der Waals surface area contributed by atoms with Crippen LogP contribution in [0.1, 0.15) is 6.92 Å². The van der Waals surface area contributed by atoms with Gasteiger partial charge in [0, 0.05) is 26.2 Å². The summed E-state index contributed by atoms with van der Waals surface area (Å²) < 4.78 is 0. The van der Waals surface area contributed by atoms with Gasteiger partial charge in [0.2, 0.25) is 0 Å². The number of hydrogen-bond acceptors (Lipinski definition) is 2. The Bertz CT molecular complexity index is 32.7. The Morgan fingerprint density at radius 2 is 1.57 bits per heavy atom. The second-order valence-electron chi connectivity index (χ2n) is 1.60. The molecule has 0 aromatic carbocycles. The van der Waals surface area contributed by atoms with Crippen molar-refractivity contribution in [2.45, 2.75) is 13.2 Å². The van der Waals surface area contributed by atoms with Gasteiger partial charge in [0.25, 0.3) is 0 Å². The molecule has 3 heteroatoms. The first kappa shape index (κ1) is 10.7. The summed E-state index contributed by atoms with van der Waals surface area (Å²) in [4.78, 5) is 1.72. The van der Waals surface area contributed by atoms with E-state index in [1.165, 1.54) is 0 Å². The Morgan fingerprint density at radius 3 is 1.57 bits per heavy atom. The standard InChI is InChI=1S/C4H11NO.Zr/c1-4(6)5(2)3;/h4,6H,1-3H3;. The molecule has 0 aliphatic heterocycles. The first-order valence-corrected chi connectivity index (χ1v) is 1.99. The van der Waals surface area contributed by atoms with Gasteiger partial charge in [-0.3, -0.25) is 4.90 Å². The van der Waals surface area contributed by atoms with Gasteiger partial charge < -0.3 is 5.11 Å². The van der Waals surface area contributed by atoms with Crippen LogP contribution in [-0.2, 0) is 26.2 Å². The third-order valence-corrected chi connectivity index (χ3v) is 0.747. The molecule has 0 rings (SSSR count). The van der Waals surface area contributed by atoms with Crippen LogP contribution in [0, 0.1) is 0 Å². The number of aliphatic hydroxyl groups is 1. The second kappa shape index (κ2) is 4.95. The Hall–Kier alpha value is 0.803. The molecular weight excluding hydrogens is 169 g/mol. The SMILES string of the molecule is CC(O)N(C)C.[Zr]. The molecule has 0 heterocycles. The van der Waals surface area contributed by atoms with Gasteiger partial charge in [-0.1, -0.05) is 0 Å².